The Labute approximate surface area is 184 Å². The van der Waals surface area contributed by atoms with E-state index < -0.39 is 66.8 Å². The molecule has 1 unspecified atom stereocenters. The standard InChI is InChI=1S/C18H25F6N3O6/c1-8(2)5-11(27-16(32)13(29)17(19,20)21)15(31)26-10(6-9-3-4-25-14(9)30)12(28)7-33-18(22,23)24/h8-11,13,29H,3-7H2,1-2H3,(H,25,30)(H,26,31)(H,27,32)/t9-,10-,11?,13-/m0/s1. The first-order chi connectivity index (χ1) is 15.0. The van der Waals surface area contributed by atoms with Crippen molar-refractivity contribution in [2.75, 3.05) is 13.2 Å². The molecule has 1 aliphatic rings. The second-order valence-corrected chi connectivity index (χ2v) is 7.91. The number of aliphatic hydroxyl groups is 1. The summed E-state index contributed by atoms with van der Waals surface area (Å²) in [4.78, 5) is 48.4. The largest absolute Gasteiger partial charge is 0.522 e. The smallest absolute Gasteiger partial charge is 0.376 e. The molecule has 190 valence electrons. The van der Waals surface area contributed by atoms with Gasteiger partial charge in [-0.1, -0.05) is 13.8 Å². The van der Waals surface area contributed by atoms with Crippen LogP contribution in [0.1, 0.15) is 33.1 Å². The summed E-state index contributed by atoms with van der Waals surface area (Å²) < 4.78 is 78.1. The normalized spacial score (nSPS) is 19.6. The lowest BCUT2D eigenvalue weighted by Gasteiger charge is -2.26. The molecule has 1 heterocycles. The highest BCUT2D eigenvalue weighted by Crippen LogP contribution is 2.21. The van der Waals surface area contributed by atoms with Crippen LogP contribution in [0.3, 0.4) is 0 Å². The summed E-state index contributed by atoms with van der Waals surface area (Å²) in [5, 5.41) is 15.4. The number of nitrogens with one attached hydrogen (secondary N) is 3. The lowest BCUT2D eigenvalue weighted by molar-refractivity contribution is -0.321. The Morgan fingerprint density at radius 1 is 1.09 bits per heavy atom. The molecule has 0 aliphatic carbocycles. The fraction of sp³-hybridized carbons (Fsp3) is 0.778. The number of hydrogen-bond donors (Lipinski definition) is 4. The lowest BCUT2D eigenvalue weighted by Crippen LogP contribution is -2.56. The number of carbonyl (C=O) groups excluding carboxylic acids is 4. The van der Waals surface area contributed by atoms with Crippen LogP contribution in [0.4, 0.5) is 26.3 Å². The third-order valence-corrected chi connectivity index (χ3v) is 4.66. The summed E-state index contributed by atoms with van der Waals surface area (Å²) in [6.07, 6.45) is -14.2. The first-order valence-corrected chi connectivity index (χ1v) is 9.88. The van der Waals surface area contributed by atoms with E-state index in [1.807, 2.05) is 0 Å². The van der Waals surface area contributed by atoms with Crippen molar-refractivity contribution < 1.29 is 55.4 Å². The molecule has 3 amide bonds. The Hall–Kier alpha value is -2.42. The molecule has 0 radical (unpaired) electrons. The predicted octanol–water partition coefficient (Wildman–Crippen LogP) is 0.557. The van der Waals surface area contributed by atoms with E-state index in [-0.39, 0.29) is 31.7 Å². The first kappa shape index (κ1) is 28.6. The van der Waals surface area contributed by atoms with E-state index in [4.69, 9.17) is 5.11 Å². The highest BCUT2D eigenvalue weighted by Gasteiger charge is 2.45. The Kier molecular flexibility index (Phi) is 10.1. The number of Topliss-reactive ketones (excluding diaryl/α,β-unsaturated/α-hetero) is 1. The molecule has 1 fully saturated rings. The molecule has 1 aliphatic heterocycles. The fourth-order valence-electron chi connectivity index (χ4n) is 3.05. The monoisotopic (exact) mass is 493 g/mol. The van der Waals surface area contributed by atoms with Gasteiger partial charge in [-0.25, -0.2) is 0 Å². The van der Waals surface area contributed by atoms with Gasteiger partial charge in [0.2, 0.25) is 17.9 Å². The molecule has 4 N–H and O–H groups in total. The molecule has 0 saturated carbocycles. The van der Waals surface area contributed by atoms with Gasteiger partial charge in [0.15, 0.2) is 5.78 Å². The third kappa shape index (κ3) is 9.94. The second-order valence-electron chi connectivity index (χ2n) is 7.91. The zero-order valence-electron chi connectivity index (χ0n) is 17.7. The average Bonchev–Trinajstić information content (AvgIpc) is 3.07. The van der Waals surface area contributed by atoms with E-state index >= 15 is 0 Å². The van der Waals surface area contributed by atoms with Crippen LogP contribution in [-0.4, -0.2) is 72.5 Å². The van der Waals surface area contributed by atoms with Crippen molar-refractivity contribution in [3.05, 3.63) is 0 Å². The van der Waals surface area contributed by atoms with Gasteiger partial charge in [0.05, 0.1) is 6.04 Å². The Morgan fingerprint density at radius 3 is 2.12 bits per heavy atom. The number of carbonyl (C=O) groups is 4. The van der Waals surface area contributed by atoms with Crippen LogP contribution < -0.4 is 16.0 Å². The summed E-state index contributed by atoms with van der Waals surface area (Å²) >= 11 is 0. The minimum absolute atomic E-state index is 0.216. The molecule has 0 spiro atoms. The molecule has 4 atom stereocenters. The van der Waals surface area contributed by atoms with Crippen molar-refractivity contribution in [1.29, 1.82) is 0 Å². The van der Waals surface area contributed by atoms with Crippen LogP contribution in [0.15, 0.2) is 0 Å². The summed E-state index contributed by atoms with van der Waals surface area (Å²) in [5.41, 5.74) is 0. The number of aliphatic hydroxyl groups excluding tert-OH is 1. The van der Waals surface area contributed by atoms with Crippen molar-refractivity contribution in [2.24, 2.45) is 11.8 Å². The Bertz CT molecular complexity index is 727. The molecule has 15 heteroatoms. The first-order valence-electron chi connectivity index (χ1n) is 9.88. The van der Waals surface area contributed by atoms with Gasteiger partial charge in [0, 0.05) is 12.5 Å². The molecule has 0 aromatic carbocycles. The average molecular weight is 493 g/mol. The quantitative estimate of drug-likeness (QED) is 0.311. The van der Waals surface area contributed by atoms with Crippen LogP contribution in [0, 0.1) is 11.8 Å². The van der Waals surface area contributed by atoms with E-state index in [1.165, 1.54) is 0 Å². The van der Waals surface area contributed by atoms with E-state index in [2.05, 4.69) is 15.4 Å². The molecular formula is C18H25F6N3O6. The van der Waals surface area contributed by atoms with Gasteiger partial charge in [-0.3, -0.25) is 23.9 Å². The molecular weight excluding hydrogens is 468 g/mol. The van der Waals surface area contributed by atoms with E-state index in [0.29, 0.717) is 0 Å². The molecule has 9 nitrogen and oxygen atoms in total. The van der Waals surface area contributed by atoms with Gasteiger partial charge < -0.3 is 21.1 Å². The maximum atomic E-state index is 12.7. The predicted molar refractivity (Wildman–Crippen MR) is 98.1 cm³/mol. The van der Waals surface area contributed by atoms with Gasteiger partial charge in [0.25, 0.3) is 5.91 Å². The van der Waals surface area contributed by atoms with Crippen LogP contribution in [0.25, 0.3) is 0 Å². The van der Waals surface area contributed by atoms with Gasteiger partial charge in [-0.2, -0.15) is 13.2 Å². The maximum Gasteiger partial charge on any atom is 0.522 e. The van der Waals surface area contributed by atoms with E-state index in [1.54, 1.807) is 19.2 Å². The van der Waals surface area contributed by atoms with E-state index in [9.17, 15) is 45.5 Å². The molecule has 0 aromatic heterocycles. The summed E-state index contributed by atoms with van der Waals surface area (Å²) in [5.74, 6) is -5.97. The van der Waals surface area contributed by atoms with Crippen LogP contribution in [-0.2, 0) is 23.9 Å². The maximum absolute atomic E-state index is 12.7. The summed E-state index contributed by atoms with van der Waals surface area (Å²) in [7, 11) is 0. The second kappa shape index (κ2) is 11.6. The summed E-state index contributed by atoms with van der Waals surface area (Å²) in [6.45, 7) is 1.90. The van der Waals surface area contributed by atoms with Crippen LogP contribution >= 0.6 is 0 Å². The van der Waals surface area contributed by atoms with Gasteiger partial charge in [-0.05, 0) is 25.2 Å². The van der Waals surface area contributed by atoms with Crippen LogP contribution in [0.2, 0.25) is 0 Å². The van der Waals surface area contributed by atoms with Crippen molar-refractivity contribution in [2.45, 2.75) is 63.8 Å². The number of amides is 3. The highest BCUT2D eigenvalue weighted by molar-refractivity contribution is 5.94. The van der Waals surface area contributed by atoms with Crippen LogP contribution in [0.5, 0.6) is 0 Å². The molecule has 1 rings (SSSR count). The van der Waals surface area contributed by atoms with Crippen molar-refractivity contribution >= 4 is 23.5 Å². The van der Waals surface area contributed by atoms with Gasteiger partial charge in [-0.15, -0.1) is 13.2 Å². The van der Waals surface area contributed by atoms with Crippen molar-refractivity contribution in [3.63, 3.8) is 0 Å². The molecule has 33 heavy (non-hydrogen) atoms. The Morgan fingerprint density at radius 2 is 1.67 bits per heavy atom. The lowest BCUT2D eigenvalue weighted by atomic mass is 9.95. The number of hydrogen-bond acceptors (Lipinski definition) is 6. The number of ether oxygens (including phenoxy) is 1. The highest BCUT2D eigenvalue weighted by atomic mass is 19.4. The Balaban J connectivity index is 3.00. The number of rotatable bonds is 11. The van der Waals surface area contributed by atoms with Gasteiger partial charge >= 0.3 is 12.5 Å². The molecule has 1 saturated heterocycles. The minimum Gasteiger partial charge on any atom is -0.376 e. The summed E-state index contributed by atoms with van der Waals surface area (Å²) in [6, 6.07) is -3.29. The minimum atomic E-state index is -5.30. The van der Waals surface area contributed by atoms with Crippen molar-refractivity contribution in [1.82, 2.24) is 16.0 Å². The number of ketones is 1. The van der Waals surface area contributed by atoms with E-state index in [0.717, 1.165) is 0 Å². The topological polar surface area (TPSA) is 134 Å². The third-order valence-electron chi connectivity index (χ3n) is 4.66. The zero-order valence-corrected chi connectivity index (χ0v) is 17.7. The number of alkyl halides is 6. The fourth-order valence-corrected chi connectivity index (χ4v) is 3.05. The van der Waals surface area contributed by atoms with Gasteiger partial charge in [0.1, 0.15) is 12.6 Å². The molecule has 0 bridgehead atoms. The zero-order chi connectivity index (χ0) is 25.6. The van der Waals surface area contributed by atoms with Crippen molar-refractivity contribution in [3.8, 4) is 0 Å². The molecule has 0 aromatic rings. The number of halogens is 6. The SMILES string of the molecule is CC(C)CC(NC(=O)[C@H](O)C(F)(F)F)C(=O)N[C@@H](C[C@@H]1CCNC1=O)C(=O)COC(F)(F)F.